The topological polar surface area (TPSA) is 24.3 Å². The van der Waals surface area contributed by atoms with Gasteiger partial charge in [0.2, 0.25) is 0 Å². The molecule has 5 heteroatoms. The lowest BCUT2D eigenvalue weighted by Crippen LogP contribution is -2.49. The molecule has 2 fully saturated rings. The summed E-state index contributed by atoms with van der Waals surface area (Å²) in [4.78, 5) is 5.11. The van der Waals surface area contributed by atoms with Gasteiger partial charge in [0.15, 0.2) is 0 Å². The standard InChI is InChI=1S/C14H23BrN4/c1-17-6-3-2-4-13(17)5-7-18-10-14(11-18)19-9-12(15)8-16-19/h8-9,13-14H,2-7,10-11H2,1H3. The molecule has 0 aromatic carbocycles. The highest BCUT2D eigenvalue weighted by Crippen LogP contribution is 2.24. The van der Waals surface area contributed by atoms with Gasteiger partial charge in [-0.2, -0.15) is 5.10 Å². The van der Waals surface area contributed by atoms with E-state index >= 15 is 0 Å². The minimum atomic E-state index is 0.579. The van der Waals surface area contributed by atoms with Gasteiger partial charge in [0.05, 0.1) is 16.7 Å². The first-order valence-corrected chi connectivity index (χ1v) is 8.14. The third-order valence-corrected chi connectivity index (χ3v) is 4.99. The second kappa shape index (κ2) is 5.94. The number of likely N-dealkylation sites (tertiary alicyclic amines) is 2. The van der Waals surface area contributed by atoms with Gasteiger partial charge in [0.25, 0.3) is 0 Å². The van der Waals surface area contributed by atoms with Crippen molar-refractivity contribution in [2.45, 2.75) is 37.8 Å². The average molecular weight is 327 g/mol. The summed E-state index contributed by atoms with van der Waals surface area (Å²) in [7, 11) is 2.28. The van der Waals surface area contributed by atoms with Crippen molar-refractivity contribution in [2.75, 3.05) is 33.2 Å². The Balaban J connectivity index is 1.39. The maximum atomic E-state index is 4.37. The van der Waals surface area contributed by atoms with Crippen LogP contribution in [-0.4, -0.2) is 58.8 Å². The third kappa shape index (κ3) is 3.20. The van der Waals surface area contributed by atoms with Crippen molar-refractivity contribution >= 4 is 15.9 Å². The summed E-state index contributed by atoms with van der Waals surface area (Å²) in [5.41, 5.74) is 0. The van der Waals surface area contributed by atoms with Gasteiger partial charge in [-0.3, -0.25) is 9.58 Å². The van der Waals surface area contributed by atoms with E-state index in [0.29, 0.717) is 6.04 Å². The van der Waals surface area contributed by atoms with Gasteiger partial charge in [-0.25, -0.2) is 0 Å². The largest absolute Gasteiger partial charge is 0.303 e. The van der Waals surface area contributed by atoms with Crippen molar-refractivity contribution < 1.29 is 0 Å². The van der Waals surface area contributed by atoms with Gasteiger partial charge in [0.1, 0.15) is 0 Å². The van der Waals surface area contributed by atoms with Crippen molar-refractivity contribution in [3.63, 3.8) is 0 Å². The molecule has 0 spiro atoms. The zero-order valence-electron chi connectivity index (χ0n) is 11.6. The number of aromatic nitrogens is 2. The lowest BCUT2D eigenvalue weighted by atomic mass is 9.99. The monoisotopic (exact) mass is 326 g/mol. The van der Waals surface area contributed by atoms with Crippen LogP contribution in [0.2, 0.25) is 0 Å². The van der Waals surface area contributed by atoms with Crippen LogP contribution in [0.25, 0.3) is 0 Å². The SMILES string of the molecule is CN1CCCCC1CCN1CC(n2cc(Br)cn2)C1. The summed E-state index contributed by atoms with van der Waals surface area (Å²) >= 11 is 3.46. The van der Waals surface area contributed by atoms with Crippen LogP contribution in [0.1, 0.15) is 31.7 Å². The van der Waals surface area contributed by atoms with Gasteiger partial charge in [-0.15, -0.1) is 0 Å². The number of nitrogens with zero attached hydrogens (tertiary/aromatic N) is 4. The Bertz CT molecular complexity index is 413. The number of hydrogen-bond acceptors (Lipinski definition) is 3. The molecule has 1 atom stereocenters. The fourth-order valence-corrected chi connectivity index (χ4v) is 3.55. The Morgan fingerprint density at radius 1 is 1.37 bits per heavy atom. The molecule has 2 aliphatic rings. The summed E-state index contributed by atoms with van der Waals surface area (Å²) in [5, 5.41) is 4.37. The number of rotatable bonds is 4. The Morgan fingerprint density at radius 2 is 2.21 bits per heavy atom. The predicted octanol–water partition coefficient (Wildman–Crippen LogP) is 2.38. The summed E-state index contributed by atoms with van der Waals surface area (Å²) in [6, 6.07) is 1.39. The second-order valence-corrected chi connectivity index (χ2v) is 6.89. The van der Waals surface area contributed by atoms with E-state index in [1.165, 1.54) is 38.8 Å². The van der Waals surface area contributed by atoms with Crippen LogP contribution in [0.5, 0.6) is 0 Å². The molecule has 4 nitrogen and oxygen atoms in total. The summed E-state index contributed by atoms with van der Waals surface area (Å²) < 4.78 is 3.17. The van der Waals surface area contributed by atoms with Gasteiger partial charge in [-0.1, -0.05) is 6.42 Å². The molecule has 0 bridgehead atoms. The van der Waals surface area contributed by atoms with Gasteiger partial charge >= 0.3 is 0 Å². The maximum absolute atomic E-state index is 4.37. The molecule has 106 valence electrons. The Labute approximate surface area is 123 Å². The molecule has 2 saturated heterocycles. The molecule has 3 rings (SSSR count). The predicted molar refractivity (Wildman–Crippen MR) is 80.3 cm³/mol. The molecule has 0 radical (unpaired) electrons. The molecule has 3 heterocycles. The van der Waals surface area contributed by atoms with Crippen LogP contribution in [0.3, 0.4) is 0 Å². The van der Waals surface area contributed by atoms with E-state index < -0.39 is 0 Å². The van der Waals surface area contributed by atoms with Crippen LogP contribution < -0.4 is 0 Å². The quantitative estimate of drug-likeness (QED) is 0.849. The summed E-state index contributed by atoms with van der Waals surface area (Å²) in [6.45, 7) is 4.84. The molecule has 0 N–H and O–H groups in total. The zero-order valence-corrected chi connectivity index (χ0v) is 13.2. The highest BCUT2D eigenvalue weighted by molar-refractivity contribution is 9.10. The molecule has 19 heavy (non-hydrogen) atoms. The molecule has 0 amide bonds. The van der Waals surface area contributed by atoms with Crippen LogP contribution >= 0.6 is 15.9 Å². The minimum absolute atomic E-state index is 0.579. The van der Waals surface area contributed by atoms with E-state index in [0.717, 1.165) is 23.6 Å². The van der Waals surface area contributed by atoms with Crippen LogP contribution in [0.15, 0.2) is 16.9 Å². The zero-order chi connectivity index (χ0) is 13.2. The van der Waals surface area contributed by atoms with E-state index in [2.05, 4.69) is 48.8 Å². The summed E-state index contributed by atoms with van der Waals surface area (Å²) in [5.74, 6) is 0. The van der Waals surface area contributed by atoms with E-state index in [1.807, 2.05) is 6.20 Å². The first-order valence-electron chi connectivity index (χ1n) is 7.34. The number of piperidine rings is 1. The highest BCUT2D eigenvalue weighted by atomic mass is 79.9. The molecular formula is C14H23BrN4. The third-order valence-electron chi connectivity index (χ3n) is 4.58. The summed E-state index contributed by atoms with van der Waals surface area (Å²) in [6.07, 6.45) is 9.47. The van der Waals surface area contributed by atoms with Crippen LogP contribution in [-0.2, 0) is 0 Å². The van der Waals surface area contributed by atoms with Crippen LogP contribution in [0.4, 0.5) is 0 Å². The molecule has 2 aliphatic heterocycles. The number of hydrogen-bond donors (Lipinski definition) is 0. The van der Waals surface area contributed by atoms with Crippen LogP contribution in [0, 0.1) is 0 Å². The Kier molecular flexibility index (Phi) is 4.24. The van der Waals surface area contributed by atoms with Gasteiger partial charge in [0, 0.05) is 25.3 Å². The first-order chi connectivity index (χ1) is 9.22. The second-order valence-electron chi connectivity index (χ2n) is 5.97. The van der Waals surface area contributed by atoms with E-state index in [4.69, 9.17) is 0 Å². The van der Waals surface area contributed by atoms with Crippen molar-refractivity contribution in [1.82, 2.24) is 19.6 Å². The Morgan fingerprint density at radius 3 is 2.89 bits per heavy atom. The minimum Gasteiger partial charge on any atom is -0.303 e. The average Bonchev–Trinajstić information content (AvgIpc) is 2.76. The normalized spacial score (nSPS) is 26.5. The van der Waals surface area contributed by atoms with Gasteiger partial charge in [-0.05, 0) is 55.3 Å². The molecular weight excluding hydrogens is 304 g/mol. The van der Waals surface area contributed by atoms with E-state index in [9.17, 15) is 0 Å². The van der Waals surface area contributed by atoms with E-state index in [1.54, 1.807) is 0 Å². The molecule has 0 saturated carbocycles. The van der Waals surface area contributed by atoms with Crippen molar-refractivity contribution in [2.24, 2.45) is 0 Å². The van der Waals surface area contributed by atoms with Gasteiger partial charge < -0.3 is 4.90 Å². The smallest absolute Gasteiger partial charge is 0.0773 e. The molecule has 1 aromatic rings. The Hall–Kier alpha value is -0.390. The van der Waals surface area contributed by atoms with E-state index in [-0.39, 0.29) is 0 Å². The molecule has 0 aliphatic carbocycles. The highest BCUT2D eigenvalue weighted by Gasteiger charge is 2.29. The maximum Gasteiger partial charge on any atom is 0.0773 e. The number of halogens is 1. The fourth-order valence-electron chi connectivity index (χ4n) is 3.25. The fraction of sp³-hybridized carbons (Fsp3) is 0.786. The van der Waals surface area contributed by atoms with Crippen molar-refractivity contribution in [3.05, 3.63) is 16.9 Å². The molecule has 1 unspecified atom stereocenters. The van der Waals surface area contributed by atoms with Crippen molar-refractivity contribution in [1.29, 1.82) is 0 Å². The van der Waals surface area contributed by atoms with Crippen molar-refractivity contribution in [3.8, 4) is 0 Å². The lowest BCUT2D eigenvalue weighted by Gasteiger charge is -2.41. The lowest BCUT2D eigenvalue weighted by molar-refractivity contribution is 0.0786. The molecule has 1 aromatic heterocycles. The first kappa shape index (κ1) is 13.6.